The Labute approximate surface area is 149 Å². The quantitative estimate of drug-likeness (QED) is 0.675. The molecule has 0 aromatic heterocycles. The van der Waals surface area contributed by atoms with Gasteiger partial charge in [0, 0.05) is 20.9 Å². The minimum Gasteiger partial charge on any atom is -0.478 e. The molecule has 0 saturated heterocycles. The number of aliphatic carboxylic acids is 2. The van der Waals surface area contributed by atoms with Crippen molar-refractivity contribution in [3.8, 4) is 0 Å². The van der Waals surface area contributed by atoms with E-state index in [1.54, 1.807) is 36.4 Å². The highest BCUT2D eigenvalue weighted by atomic mass is 79.9. The Hall–Kier alpha value is -1.92. The molecular formula is C17H12Br2O4. The highest BCUT2D eigenvalue weighted by molar-refractivity contribution is 9.10. The zero-order chi connectivity index (χ0) is 17.0. The molecule has 2 aromatic rings. The van der Waals surface area contributed by atoms with E-state index in [1.807, 2.05) is 12.1 Å². The molecule has 0 bridgehead atoms. The van der Waals surface area contributed by atoms with Crippen LogP contribution in [-0.2, 0) is 9.59 Å². The van der Waals surface area contributed by atoms with Gasteiger partial charge in [-0.2, -0.15) is 0 Å². The number of carbonyl (C=O) groups is 2. The Bertz CT molecular complexity index is 738. The molecule has 2 aromatic carbocycles. The molecule has 0 amide bonds. The predicted molar refractivity (Wildman–Crippen MR) is 93.5 cm³/mol. The van der Waals surface area contributed by atoms with Gasteiger partial charge in [0.25, 0.3) is 0 Å². The summed E-state index contributed by atoms with van der Waals surface area (Å²) in [4.78, 5) is 22.8. The Kier molecular flexibility index (Phi) is 5.74. The van der Waals surface area contributed by atoms with Crippen molar-refractivity contribution in [1.29, 1.82) is 0 Å². The summed E-state index contributed by atoms with van der Waals surface area (Å²) in [6.45, 7) is 0. The number of carboxylic acid groups (broad SMARTS) is 2. The van der Waals surface area contributed by atoms with Crippen molar-refractivity contribution in [3.05, 3.63) is 80.3 Å². The molecule has 2 rings (SSSR count). The molecule has 23 heavy (non-hydrogen) atoms. The van der Waals surface area contributed by atoms with Gasteiger partial charge in [-0.15, -0.1) is 0 Å². The van der Waals surface area contributed by atoms with E-state index in [0.29, 0.717) is 20.1 Å². The summed E-state index contributed by atoms with van der Waals surface area (Å²) in [5, 5.41) is 18.6. The third kappa shape index (κ3) is 4.09. The maximum Gasteiger partial charge on any atom is 0.332 e. The molecular weight excluding hydrogens is 428 g/mol. The van der Waals surface area contributed by atoms with Gasteiger partial charge >= 0.3 is 11.9 Å². The van der Waals surface area contributed by atoms with Crippen molar-refractivity contribution in [2.75, 3.05) is 0 Å². The summed E-state index contributed by atoms with van der Waals surface area (Å²) in [6.07, 6.45) is 0.742. The molecule has 0 spiro atoms. The Morgan fingerprint density at radius 2 is 1.30 bits per heavy atom. The molecule has 0 aliphatic rings. The largest absolute Gasteiger partial charge is 0.478 e. The van der Waals surface area contributed by atoms with Crippen LogP contribution in [0, 0.1) is 0 Å². The number of carboxylic acids is 2. The highest BCUT2D eigenvalue weighted by Gasteiger charge is 2.28. The lowest BCUT2D eigenvalue weighted by atomic mass is 9.84. The van der Waals surface area contributed by atoms with Crippen LogP contribution in [0.25, 0.3) is 0 Å². The molecule has 0 unspecified atom stereocenters. The number of hydrogen-bond donors (Lipinski definition) is 2. The van der Waals surface area contributed by atoms with E-state index in [9.17, 15) is 14.7 Å². The van der Waals surface area contributed by atoms with E-state index >= 15 is 0 Å². The smallest absolute Gasteiger partial charge is 0.332 e. The maximum atomic E-state index is 11.7. The van der Waals surface area contributed by atoms with Gasteiger partial charge in [-0.1, -0.05) is 68.3 Å². The predicted octanol–water partition coefficient (Wildman–Crippen LogP) is 4.44. The van der Waals surface area contributed by atoms with Crippen molar-refractivity contribution in [2.45, 2.75) is 5.92 Å². The fraction of sp³-hybridized carbons (Fsp3) is 0.0588. The van der Waals surface area contributed by atoms with Gasteiger partial charge in [-0.05, 0) is 23.3 Å². The minimum absolute atomic E-state index is 0.212. The number of rotatable bonds is 5. The van der Waals surface area contributed by atoms with Gasteiger partial charge in [-0.25, -0.2) is 9.59 Å². The van der Waals surface area contributed by atoms with Crippen LogP contribution < -0.4 is 0 Å². The molecule has 2 N–H and O–H groups in total. The second-order valence-electron chi connectivity index (χ2n) is 4.72. The second-order valence-corrected chi connectivity index (χ2v) is 6.43. The third-order valence-electron chi connectivity index (χ3n) is 3.27. The monoisotopic (exact) mass is 438 g/mol. The zero-order valence-corrected chi connectivity index (χ0v) is 14.9. The van der Waals surface area contributed by atoms with Gasteiger partial charge in [-0.3, -0.25) is 0 Å². The van der Waals surface area contributed by atoms with Crippen LogP contribution >= 0.6 is 31.9 Å². The second kappa shape index (κ2) is 7.57. The van der Waals surface area contributed by atoms with Crippen molar-refractivity contribution >= 4 is 43.8 Å². The van der Waals surface area contributed by atoms with Crippen molar-refractivity contribution in [2.24, 2.45) is 0 Å². The van der Waals surface area contributed by atoms with E-state index < -0.39 is 17.9 Å². The third-order valence-corrected chi connectivity index (χ3v) is 4.71. The Balaban J connectivity index is 2.75. The van der Waals surface area contributed by atoms with E-state index in [-0.39, 0.29) is 5.57 Å². The number of halogens is 2. The molecule has 0 radical (unpaired) electrons. The van der Waals surface area contributed by atoms with Crippen molar-refractivity contribution < 1.29 is 19.8 Å². The molecule has 6 heteroatoms. The van der Waals surface area contributed by atoms with E-state index in [0.717, 1.165) is 6.08 Å². The van der Waals surface area contributed by atoms with Crippen LogP contribution in [0.5, 0.6) is 0 Å². The fourth-order valence-electron chi connectivity index (χ4n) is 2.32. The topological polar surface area (TPSA) is 74.6 Å². The Morgan fingerprint density at radius 1 is 0.870 bits per heavy atom. The van der Waals surface area contributed by atoms with E-state index in [4.69, 9.17) is 5.11 Å². The summed E-state index contributed by atoms with van der Waals surface area (Å²) < 4.78 is 1.41. The fourth-order valence-corrected chi connectivity index (χ4v) is 3.35. The maximum absolute atomic E-state index is 11.7. The van der Waals surface area contributed by atoms with Gasteiger partial charge in [0.05, 0.1) is 5.57 Å². The van der Waals surface area contributed by atoms with Crippen molar-refractivity contribution in [3.63, 3.8) is 0 Å². The SMILES string of the molecule is O=C(O)/C=C(/C(=O)O)C(c1ccccc1Br)c1ccccc1Br. The van der Waals surface area contributed by atoms with Crippen LogP contribution in [0.15, 0.2) is 69.1 Å². The lowest BCUT2D eigenvalue weighted by Gasteiger charge is -2.21. The molecule has 0 aliphatic heterocycles. The number of benzene rings is 2. The van der Waals surface area contributed by atoms with Crippen molar-refractivity contribution in [1.82, 2.24) is 0 Å². The zero-order valence-electron chi connectivity index (χ0n) is 11.7. The number of hydrogen-bond acceptors (Lipinski definition) is 2. The summed E-state index contributed by atoms with van der Waals surface area (Å²) >= 11 is 6.84. The first-order valence-corrected chi connectivity index (χ1v) is 8.17. The van der Waals surface area contributed by atoms with Crippen LogP contribution in [0.2, 0.25) is 0 Å². The average Bonchev–Trinajstić information content (AvgIpc) is 2.49. The molecule has 0 fully saturated rings. The molecule has 118 valence electrons. The molecule has 4 nitrogen and oxygen atoms in total. The lowest BCUT2D eigenvalue weighted by Crippen LogP contribution is -2.15. The van der Waals surface area contributed by atoms with Crippen LogP contribution in [-0.4, -0.2) is 22.2 Å². The first-order chi connectivity index (χ1) is 10.9. The van der Waals surface area contributed by atoms with Crippen LogP contribution in [0.4, 0.5) is 0 Å². The standard InChI is InChI=1S/C17H12Br2O4/c18-13-7-3-1-5-10(13)16(11-6-2-4-8-14(11)19)12(17(22)23)9-15(20)21/h1-9,16H,(H,20,21)(H,22,23)/b12-9+. The summed E-state index contributed by atoms with van der Waals surface area (Å²) in [7, 11) is 0. The van der Waals surface area contributed by atoms with Gasteiger partial charge < -0.3 is 10.2 Å². The molecule has 0 atom stereocenters. The van der Waals surface area contributed by atoms with E-state index in [2.05, 4.69) is 31.9 Å². The van der Waals surface area contributed by atoms with Gasteiger partial charge in [0.2, 0.25) is 0 Å². The molecule has 0 aliphatic carbocycles. The summed E-state index contributed by atoms with van der Waals surface area (Å²) in [5.74, 6) is -3.30. The normalized spacial score (nSPS) is 11.5. The molecule has 0 heterocycles. The summed E-state index contributed by atoms with van der Waals surface area (Å²) in [6, 6.07) is 14.3. The minimum atomic E-state index is -1.30. The van der Waals surface area contributed by atoms with Gasteiger partial charge in [0.1, 0.15) is 0 Å². The van der Waals surface area contributed by atoms with Crippen LogP contribution in [0.3, 0.4) is 0 Å². The van der Waals surface area contributed by atoms with E-state index in [1.165, 1.54) is 0 Å². The Morgan fingerprint density at radius 3 is 1.65 bits per heavy atom. The summed E-state index contributed by atoms with van der Waals surface area (Å²) in [5.41, 5.74) is 1.14. The van der Waals surface area contributed by atoms with Crippen LogP contribution in [0.1, 0.15) is 17.0 Å². The lowest BCUT2D eigenvalue weighted by molar-refractivity contribution is -0.135. The van der Waals surface area contributed by atoms with Gasteiger partial charge in [0.15, 0.2) is 0 Å². The first-order valence-electron chi connectivity index (χ1n) is 6.58. The highest BCUT2D eigenvalue weighted by Crippen LogP contribution is 2.39. The molecule has 0 saturated carbocycles. The average molecular weight is 440 g/mol. The first kappa shape index (κ1) is 17.4.